The molecule has 0 spiro atoms. The normalized spacial score (nSPS) is 23.4. The van der Waals surface area contributed by atoms with E-state index >= 15 is 0 Å². The van der Waals surface area contributed by atoms with Gasteiger partial charge in [0.15, 0.2) is 5.17 Å². The fraction of sp³-hybridized carbons (Fsp3) is 0.462. The number of nitrogens with one attached hydrogen (secondary N) is 1. The summed E-state index contributed by atoms with van der Waals surface area (Å²) in [6.07, 6.45) is -4.46. The Labute approximate surface area is 124 Å². The van der Waals surface area contributed by atoms with Crippen molar-refractivity contribution in [3.05, 3.63) is 28.8 Å². The van der Waals surface area contributed by atoms with Gasteiger partial charge >= 0.3 is 6.18 Å². The molecule has 0 bridgehead atoms. The zero-order valence-electron chi connectivity index (χ0n) is 11.0. The number of amidine groups is 1. The standard InChI is InChI=1S/C13H14ClF3N2S/c1-7-6-20-12(18-8(7)2)19-9-3-4-11(14)10(5-9)13(15,16)17/h3-5,7-8H,6H2,1-2H3,(H,18,19). The van der Waals surface area contributed by atoms with Crippen molar-refractivity contribution in [3.63, 3.8) is 0 Å². The van der Waals surface area contributed by atoms with Crippen LogP contribution in [0.5, 0.6) is 0 Å². The number of alkyl halides is 3. The smallest absolute Gasteiger partial charge is 0.335 e. The lowest BCUT2D eigenvalue weighted by Gasteiger charge is -2.24. The average molecular weight is 323 g/mol. The van der Waals surface area contributed by atoms with Crippen molar-refractivity contribution in [2.45, 2.75) is 26.1 Å². The number of halogens is 4. The molecule has 0 saturated carbocycles. The summed E-state index contributed by atoms with van der Waals surface area (Å²) >= 11 is 7.09. The third-order valence-corrected chi connectivity index (χ3v) is 4.65. The molecule has 0 amide bonds. The van der Waals surface area contributed by atoms with Crippen molar-refractivity contribution in [1.82, 2.24) is 0 Å². The number of hydrogen-bond donors (Lipinski definition) is 1. The minimum atomic E-state index is -4.46. The summed E-state index contributed by atoms with van der Waals surface area (Å²) in [5.74, 6) is 1.36. The Morgan fingerprint density at radius 3 is 2.65 bits per heavy atom. The molecule has 0 aromatic heterocycles. The molecule has 0 aliphatic carbocycles. The van der Waals surface area contributed by atoms with Gasteiger partial charge in [0.25, 0.3) is 0 Å². The highest BCUT2D eigenvalue weighted by atomic mass is 35.5. The van der Waals surface area contributed by atoms with Crippen molar-refractivity contribution in [1.29, 1.82) is 0 Å². The third kappa shape index (κ3) is 3.61. The fourth-order valence-corrected chi connectivity index (χ4v) is 3.07. The van der Waals surface area contributed by atoms with E-state index < -0.39 is 11.7 Å². The Bertz CT molecular complexity index is 531. The topological polar surface area (TPSA) is 24.4 Å². The molecule has 2 unspecified atom stereocenters. The summed E-state index contributed by atoms with van der Waals surface area (Å²) in [5.41, 5.74) is -0.498. The maximum absolute atomic E-state index is 12.8. The van der Waals surface area contributed by atoms with Gasteiger partial charge in [-0.2, -0.15) is 13.2 Å². The predicted octanol–water partition coefficient (Wildman–Crippen LogP) is 4.90. The van der Waals surface area contributed by atoms with Gasteiger partial charge in [-0.1, -0.05) is 30.3 Å². The number of nitrogens with zero attached hydrogens (tertiary/aromatic N) is 1. The quantitative estimate of drug-likeness (QED) is 0.795. The summed E-state index contributed by atoms with van der Waals surface area (Å²) < 4.78 is 38.3. The summed E-state index contributed by atoms with van der Waals surface area (Å²) in [4.78, 5) is 4.43. The highest BCUT2D eigenvalue weighted by Gasteiger charge is 2.33. The zero-order chi connectivity index (χ0) is 14.9. The van der Waals surface area contributed by atoms with Gasteiger partial charge in [-0.05, 0) is 31.0 Å². The second kappa shape index (κ2) is 5.85. The summed E-state index contributed by atoms with van der Waals surface area (Å²) in [7, 11) is 0. The first kappa shape index (κ1) is 15.5. The summed E-state index contributed by atoms with van der Waals surface area (Å²) in [6.45, 7) is 4.09. The summed E-state index contributed by atoms with van der Waals surface area (Å²) in [5, 5.41) is 3.27. The number of rotatable bonds is 1. The van der Waals surface area contributed by atoms with E-state index in [4.69, 9.17) is 11.6 Å². The van der Waals surface area contributed by atoms with Crippen LogP contribution in [0.25, 0.3) is 0 Å². The van der Waals surface area contributed by atoms with Crippen molar-refractivity contribution in [3.8, 4) is 0 Å². The lowest BCUT2D eigenvalue weighted by Crippen LogP contribution is -2.25. The molecule has 1 aliphatic rings. The minimum absolute atomic E-state index is 0.160. The Morgan fingerprint density at radius 1 is 1.35 bits per heavy atom. The van der Waals surface area contributed by atoms with Gasteiger partial charge in [0.2, 0.25) is 0 Å². The van der Waals surface area contributed by atoms with Crippen molar-refractivity contribution in [2.24, 2.45) is 10.9 Å². The van der Waals surface area contributed by atoms with Crippen LogP contribution in [0.1, 0.15) is 19.4 Å². The molecule has 1 aromatic carbocycles. The monoisotopic (exact) mass is 322 g/mol. The lowest BCUT2D eigenvalue weighted by molar-refractivity contribution is -0.137. The van der Waals surface area contributed by atoms with E-state index in [0.717, 1.165) is 11.8 Å². The molecular weight excluding hydrogens is 309 g/mol. The number of aliphatic imine (C=N–C) groups is 1. The number of benzene rings is 1. The molecule has 2 nitrogen and oxygen atoms in total. The predicted molar refractivity (Wildman–Crippen MR) is 78.6 cm³/mol. The van der Waals surface area contributed by atoms with Crippen LogP contribution in [0, 0.1) is 5.92 Å². The van der Waals surface area contributed by atoms with Crippen LogP contribution in [0.3, 0.4) is 0 Å². The van der Waals surface area contributed by atoms with Gasteiger partial charge < -0.3 is 5.32 Å². The Morgan fingerprint density at radius 2 is 2.05 bits per heavy atom. The summed E-state index contributed by atoms with van der Waals surface area (Å²) in [6, 6.07) is 3.93. The largest absolute Gasteiger partial charge is 0.417 e. The number of thioether (sulfide) groups is 1. The van der Waals surface area contributed by atoms with Crippen LogP contribution in [0.15, 0.2) is 23.2 Å². The van der Waals surface area contributed by atoms with Crippen LogP contribution in [0.4, 0.5) is 18.9 Å². The molecule has 20 heavy (non-hydrogen) atoms. The second-order valence-corrected chi connectivity index (χ2v) is 6.20. The Hall–Kier alpha value is -0.880. The van der Waals surface area contributed by atoms with Crippen LogP contribution >= 0.6 is 23.4 Å². The molecule has 110 valence electrons. The van der Waals surface area contributed by atoms with Gasteiger partial charge in [0, 0.05) is 11.4 Å². The van der Waals surface area contributed by atoms with Gasteiger partial charge in [0.05, 0.1) is 16.6 Å². The molecule has 2 rings (SSSR count). The molecular formula is C13H14ClF3N2S. The minimum Gasteiger partial charge on any atom is -0.335 e. The van der Waals surface area contributed by atoms with E-state index in [-0.39, 0.29) is 11.1 Å². The van der Waals surface area contributed by atoms with E-state index in [1.54, 1.807) is 0 Å². The maximum atomic E-state index is 12.8. The van der Waals surface area contributed by atoms with E-state index in [1.807, 2.05) is 6.92 Å². The van der Waals surface area contributed by atoms with Gasteiger partial charge in [0.1, 0.15) is 0 Å². The molecule has 1 heterocycles. The third-order valence-electron chi connectivity index (χ3n) is 3.15. The molecule has 1 N–H and O–H groups in total. The van der Waals surface area contributed by atoms with E-state index in [2.05, 4.69) is 17.2 Å². The molecule has 7 heteroatoms. The second-order valence-electron chi connectivity index (χ2n) is 4.78. The number of hydrogen-bond acceptors (Lipinski definition) is 3. The molecule has 0 fully saturated rings. The van der Waals surface area contributed by atoms with Gasteiger partial charge in [-0.25, -0.2) is 0 Å². The molecule has 2 atom stereocenters. The fourth-order valence-electron chi connectivity index (χ4n) is 1.71. The molecule has 1 aromatic rings. The van der Waals surface area contributed by atoms with Crippen molar-refractivity contribution in [2.75, 3.05) is 11.1 Å². The highest BCUT2D eigenvalue weighted by Crippen LogP contribution is 2.36. The average Bonchev–Trinajstić information content (AvgIpc) is 2.35. The van der Waals surface area contributed by atoms with E-state index in [0.29, 0.717) is 16.8 Å². The van der Waals surface area contributed by atoms with Gasteiger partial charge in [-0.3, -0.25) is 4.99 Å². The van der Waals surface area contributed by atoms with E-state index in [1.165, 1.54) is 23.9 Å². The molecule has 0 saturated heterocycles. The van der Waals surface area contributed by atoms with Crippen LogP contribution in [-0.4, -0.2) is 17.0 Å². The number of anilines is 1. The first-order valence-electron chi connectivity index (χ1n) is 6.11. The molecule has 1 aliphatic heterocycles. The van der Waals surface area contributed by atoms with E-state index in [9.17, 15) is 13.2 Å². The van der Waals surface area contributed by atoms with Crippen LogP contribution < -0.4 is 5.32 Å². The Balaban J connectivity index is 2.21. The zero-order valence-corrected chi connectivity index (χ0v) is 12.5. The first-order chi connectivity index (χ1) is 9.27. The highest BCUT2D eigenvalue weighted by molar-refractivity contribution is 8.14. The SMILES string of the molecule is CC1CSC(Nc2ccc(Cl)c(C(F)(F)F)c2)=NC1C. The molecule has 0 radical (unpaired) electrons. The van der Waals surface area contributed by atoms with Crippen LogP contribution in [0.2, 0.25) is 5.02 Å². The first-order valence-corrected chi connectivity index (χ1v) is 7.48. The van der Waals surface area contributed by atoms with Gasteiger partial charge in [-0.15, -0.1) is 0 Å². The Kier molecular flexibility index (Phi) is 4.54. The maximum Gasteiger partial charge on any atom is 0.417 e. The lowest BCUT2D eigenvalue weighted by atomic mass is 10.1. The van der Waals surface area contributed by atoms with Crippen LogP contribution in [-0.2, 0) is 6.18 Å². The van der Waals surface area contributed by atoms with Crippen molar-refractivity contribution < 1.29 is 13.2 Å². The van der Waals surface area contributed by atoms with Crippen molar-refractivity contribution >= 4 is 34.2 Å².